The molecule has 0 unspecified atom stereocenters. The lowest BCUT2D eigenvalue weighted by Crippen LogP contribution is -2.08. The topological polar surface area (TPSA) is 50.9 Å². The van der Waals surface area contributed by atoms with Crippen molar-refractivity contribution < 1.29 is 0 Å². The van der Waals surface area contributed by atoms with E-state index in [-0.39, 0.29) is 0 Å². The van der Waals surface area contributed by atoms with Crippen molar-refractivity contribution in [3.63, 3.8) is 0 Å². The van der Waals surface area contributed by atoms with Crippen molar-refractivity contribution in [1.82, 2.24) is 4.98 Å². The van der Waals surface area contributed by atoms with E-state index in [0.717, 1.165) is 18.8 Å². The van der Waals surface area contributed by atoms with Crippen molar-refractivity contribution in [1.29, 1.82) is 0 Å². The van der Waals surface area contributed by atoms with Crippen LogP contribution in [0, 0.1) is 6.07 Å². The Morgan fingerprint density at radius 3 is 3.18 bits per heavy atom. The number of hydrogen-bond acceptors (Lipinski definition) is 3. The van der Waals surface area contributed by atoms with Crippen molar-refractivity contribution in [2.75, 3.05) is 18.4 Å². The van der Waals surface area contributed by atoms with Gasteiger partial charge in [0.1, 0.15) is 5.82 Å². The number of pyridine rings is 1. The maximum absolute atomic E-state index is 5.33. The summed E-state index contributed by atoms with van der Waals surface area (Å²) >= 11 is 0. The van der Waals surface area contributed by atoms with E-state index in [1.165, 1.54) is 0 Å². The molecule has 3 N–H and O–H groups in total. The Bertz CT molecular complexity index is 186. The molecule has 0 spiro atoms. The SMILES string of the molecule is NCCCNc1cc[c]cn1. The van der Waals surface area contributed by atoms with E-state index in [2.05, 4.69) is 16.4 Å². The van der Waals surface area contributed by atoms with E-state index >= 15 is 0 Å². The number of anilines is 1. The molecular weight excluding hydrogens is 138 g/mol. The average molecular weight is 150 g/mol. The summed E-state index contributed by atoms with van der Waals surface area (Å²) in [7, 11) is 0. The van der Waals surface area contributed by atoms with E-state index in [9.17, 15) is 0 Å². The molecule has 0 aromatic carbocycles. The van der Waals surface area contributed by atoms with E-state index in [1.807, 2.05) is 12.1 Å². The first-order valence-electron chi connectivity index (χ1n) is 3.69. The van der Waals surface area contributed by atoms with Gasteiger partial charge in [-0.15, -0.1) is 0 Å². The summed E-state index contributed by atoms with van der Waals surface area (Å²) in [6, 6.07) is 6.56. The second-order valence-electron chi connectivity index (χ2n) is 2.21. The Labute approximate surface area is 66.6 Å². The Hall–Kier alpha value is -1.09. The summed E-state index contributed by atoms with van der Waals surface area (Å²) in [4.78, 5) is 4.04. The third-order valence-corrected chi connectivity index (χ3v) is 1.30. The zero-order chi connectivity index (χ0) is 7.94. The van der Waals surface area contributed by atoms with Gasteiger partial charge in [-0.2, -0.15) is 0 Å². The maximum atomic E-state index is 5.33. The highest BCUT2D eigenvalue weighted by molar-refractivity contribution is 5.32. The van der Waals surface area contributed by atoms with Gasteiger partial charge >= 0.3 is 0 Å². The van der Waals surface area contributed by atoms with Crippen LogP contribution in [-0.2, 0) is 0 Å². The standard InChI is InChI=1S/C8H12N3/c9-5-3-7-11-8-4-1-2-6-10-8/h1,4,6H,3,5,7,9H2,(H,10,11). The van der Waals surface area contributed by atoms with Crippen LogP contribution in [0.25, 0.3) is 0 Å². The van der Waals surface area contributed by atoms with Crippen LogP contribution in [-0.4, -0.2) is 18.1 Å². The van der Waals surface area contributed by atoms with E-state index in [4.69, 9.17) is 5.73 Å². The molecule has 1 radical (unpaired) electrons. The summed E-state index contributed by atoms with van der Waals surface area (Å²) in [5.74, 6) is 0.886. The van der Waals surface area contributed by atoms with Gasteiger partial charge in [0.2, 0.25) is 0 Å². The molecule has 1 heterocycles. The van der Waals surface area contributed by atoms with Crippen LogP contribution in [0.1, 0.15) is 6.42 Å². The minimum atomic E-state index is 0.714. The van der Waals surface area contributed by atoms with Gasteiger partial charge in [-0.05, 0) is 25.1 Å². The molecular formula is C8H12N3. The van der Waals surface area contributed by atoms with Crippen LogP contribution >= 0.6 is 0 Å². The molecule has 59 valence electrons. The van der Waals surface area contributed by atoms with Gasteiger partial charge in [-0.1, -0.05) is 0 Å². The minimum absolute atomic E-state index is 0.714. The van der Waals surface area contributed by atoms with Gasteiger partial charge in [0.05, 0.1) is 0 Å². The van der Waals surface area contributed by atoms with Crippen molar-refractivity contribution in [2.24, 2.45) is 5.73 Å². The lowest BCUT2D eigenvalue weighted by atomic mass is 10.4. The average Bonchev–Trinajstić information content (AvgIpc) is 2.07. The molecule has 0 aliphatic rings. The first-order chi connectivity index (χ1) is 5.43. The Kier molecular flexibility index (Phi) is 3.41. The van der Waals surface area contributed by atoms with Crippen molar-refractivity contribution >= 4 is 5.82 Å². The number of nitrogens with two attached hydrogens (primary N) is 1. The molecule has 3 nitrogen and oxygen atoms in total. The fourth-order valence-electron chi connectivity index (χ4n) is 0.743. The zero-order valence-corrected chi connectivity index (χ0v) is 6.38. The first kappa shape index (κ1) is 8.01. The lowest BCUT2D eigenvalue weighted by Gasteiger charge is -2.01. The number of hydrogen-bond donors (Lipinski definition) is 2. The van der Waals surface area contributed by atoms with Gasteiger partial charge in [-0.3, -0.25) is 0 Å². The smallest absolute Gasteiger partial charge is 0.125 e. The normalized spacial score (nSPS) is 9.55. The highest BCUT2D eigenvalue weighted by atomic mass is 15.0. The quantitative estimate of drug-likeness (QED) is 0.619. The molecule has 0 saturated heterocycles. The van der Waals surface area contributed by atoms with E-state index < -0.39 is 0 Å². The fourth-order valence-corrected chi connectivity index (χ4v) is 0.743. The van der Waals surface area contributed by atoms with Crippen molar-refractivity contribution in [3.8, 4) is 0 Å². The fraction of sp³-hybridized carbons (Fsp3) is 0.375. The highest BCUT2D eigenvalue weighted by Crippen LogP contribution is 1.97. The lowest BCUT2D eigenvalue weighted by molar-refractivity contribution is 0.870. The second-order valence-corrected chi connectivity index (χ2v) is 2.21. The number of nitrogens with one attached hydrogen (secondary N) is 1. The van der Waals surface area contributed by atoms with Crippen LogP contribution in [0.15, 0.2) is 18.3 Å². The Morgan fingerprint density at radius 1 is 1.64 bits per heavy atom. The summed E-state index contributed by atoms with van der Waals surface area (Å²) in [6.45, 7) is 1.60. The summed E-state index contributed by atoms with van der Waals surface area (Å²) in [6.07, 6.45) is 2.62. The molecule has 0 saturated carbocycles. The molecule has 0 atom stereocenters. The minimum Gasteiger partial charge on any atom is -0.370 e. The molecule has 0 aliphatic carbocycles. The van der Waals surface area contributed by atoms with Crippen molar-refractivity contribution in [3.05, 3.63) is 24.4 Å². The number of rotatable bonds is 4. The molecule has 0 fully saturated rings. The van der Waals surface area contributed by atoms with Crippen molar-refractivity contribution in [2.45, 2.75) is 6.42 Å². The third-order valence-electron chi connectivity index (χ3n) is 1.30. The summed E-state index contributed by atoms with van der Waals surface area (Å²) in [5, 5.41) is 3.13. The molecule has 3 heteroatoms. The van der Waals surface area contributed by atoms with Gasteiger partial charge in [-0.25, -0.2) is 4.98 Å². The molecule has 1 rings (SSSR count). The van der Waals surface area contributed by atoms with Gasteiger partial charge < -0.3 is 11.1 Å². The van der Waals surface area contributed by atoms with Crippen LogP contribution in [0.5, 0.6) is 0 Å². The van der Waals surface area contributed by atoms with E-state index in [0.29, 0.717) is 6.54 Å². The molecule has 0 bridgehead atoms. The molecule has 11 heavy (non-hydrogen) atoms. The Morgan fingerprint density at radius 2 is 2.55 bits per heavy atom. The largest absolute Gasteiger partial charge is 0.370 e. The van der Waals surface area contributed by atoms with Crippen LogP contribution < -0.4 is 11.1 Å². The highest BCUT2D eigenvalue weighted by Gasteiger charge is 1.87. The zero-order valence-electron chi connectivity index (χ0n) is 6.38. The van der Waals surface area contributed by atoms with Crippen LogP contribution in [0.4, 0.5) is 5.82 Å². The van der Waals surface area contributed by atoms with E-state index in [1.54, 1.807) is 6.20 Å². The molecule has 0 amide bonds. The predicted molar refractivity (Wildman–Crippen MR) is 45.2 cm³/mol. The maximum Gasteiger partial charge on any atom is 0.125 e. The Balaban J connectivity index is 2.28. The second kappa shape index (κ2) is 4.68. The number of nitrogens with zero attached hydrogens (tertiary/aromatic N) is 1. The molecule has 0 aliphatic heterocycles. The van der Waals surface area contributed by atoms with Crippen LogP contribution in [0.2, 0.25) is 0 Å². The first-order valence-corrected chi connectivity index (χ1v) is 3.69. The van der Waals surface area contributed by atoms with Gasteiger partial charge in [0, 0.05) is 18.8 Å². The molecule has 1 aromatic heterocycles. The monoisotopic (exact) mass is 150 g/mol. The number of aromatic nitrogens is 1. The van der Waals surface area contributed by atoms with Gasteiger partial charge in [0.15, 0.2) is 0 Å². The summed E-state index contributed by atoms with van der Waals surface area (Å²) in [5.41, 5.74) is 5.33. The third kappa shape index (κ3) is 3.00. The predicted octanol–water partition coefficient (Wildman–Crippen LogP) is 0.642. The molecule has 1 aromatic rings. The van der Waals surface area contributed by atoms with Gasteiger partial charge in [0.25, 0.3) is 0 Å². The summed E-state index contributed by atoms with van der Waals surface area (Å²) < 4.78 is 0. The van der Waals surface area contributed by atoms with Crippen LogP contribution in [0.3, 0.4) is 0 Å².